The molecule has 0 radical (unpaired) electrons. The zero-order valence-electron chi connectivity index (χ0n) is 12.6. The van der Waals surface area contributed by atoms with E-state index < -0.39 is 5.60 Å². The van der Waals surface area contributed by atoms with Crippen molar-refractivity contribution in [2.45, 2.75) is 52.3 Å². The van der Waals surface area contributed by atoms with Gasteiger partial charge in [0.2, 0.25) is 0 Å². The zero-order chi connectivity index (χ0) is 14.8. The summed E-state index contributed by atoms with van der Waals surface area (Å²) in [7, 11) is 0. The molecule has 1 aromatic heterocycles. The first-order chi connectivity index (χ1) is 9.33. The molecule has 20 heavy (non-hydrogen) atoms. The third-order valence-corrected chi connectivity index (χ3v) is 3.99. The Labute approximate surface area is 124 Å². The van der Waals surface area contributed by atoms with Crippen LogP contribution in [0.5, 0.6) is 0 Å². The SMILES string of the molecule is Cc1ncc(CNC2CCN(C(=O)OC(C)(C)C)C2)s1. The monoisotopic (exact) mass is 297 g/mol. The number of nitrogens with one attached hydrogen (secondary N) is 1. The van der Waals surface area contributed by atoms with Crippen molar-refractivity contribution >= 4 is 17.4 Å². The lowest BCUT2D eigenvalue weighted by atomic mass is 10.2. The van der Waals surface area contributed by atoms with Gasteiger partial charge in [-0.25, -0.2) is 9.78 Å². The molecule has 1 unspecified atom stereocenters. The van der Waals surface area contributed by atoms with Crippen LogP contribution in [-0.4, -0.2) is 40.7 Å². The highest BCUT2D eigenvalue weighted by Crippen LogP contribution is 2.16. The van der Waals surface area contributed by atoms with Crippen LogP contribution in [0.2, 0.25) is 0 Å². The number of carbonyl (C=O) groups is 1. The predicted octanol–water partition coefficient (Wildman–Crippen LogP) is 2.55. The van der Waals surface area contributed by atoms with Crippen molar-refractivity contribution in [1.82, 2.24) is 15.2 Å². The maximum Gasteiger partial charge on any atom is 0.410 e. The van der Waals surface area contributed by atoms with Crippen LogP contribution in [0.25, 0.3) is 0 Å². The second-order valence-corrected chi connectivity index (χ2v) is 7.46. The number of nitrogens with zero attached hydrogens (tertiary/aromatic N) is 2. The fourth-order valence-corrected chi connectivity index (χ4v) is 2.90. The Hall–Kier alpha value is -1.14. The fourth-order valence-electron chi connectivity index (χ4n) is 2.15. The average Bonchev–Trinajstić information content (AvgIpc) is 2.93. The Bertz CT molecular complexity index is 467. The molecule has 0 aromatic carbocycles. The van der Waals surface area contributed by atoms with Crippen LogP contribution in [0, 0.1) is 6.92 Å². The molecule has 1 aromatic rings. The van der Waals surface area contributed by atoms with Crippen molar-refractivity contribution in [3.63, 3.8) is 0 Å². The normalized spacial score (nSPS) is 19.4. The van der Waals surface area contributed by atoms with Gasteiger partial charge in [0.15, 0.2) is 0 Å². The summed E-state index contributed by atoms with van der Waals surface area (Å²) >= 11 is 1.71. The molecule has 112 valence electrons. The second kappa shape index (κ2) is 6.10. The first-order valence-corrected chi connectivity index (χ1v) is 7.78. The van der Waals surface area contributed by atoms with Gasteiger partial charge in [-0.1, -0.05) is 0 Å². The van der Waals surface area contributed by atoms with Crippen molar-refractivity contribution in [1.29, 1.82) is 0 Å². The average molecular weight is 297 g/mol. The van der Waals surface area contributed by atoms with Gasteiger partial charge >= 0.3 is 6.09 Å². The predicted molar refractivity (Wildman–Crippen MR) is 79.9 cm³/mol. The van der Waals surface area contributed by atoms with Crippen LogP contribution in [0.15, 0.2) is 6.20 Å². The summed E-state index contributed by atoms with van der Waals surface area (Å²) in [6.07, 6.45) is 2.67. The van der Waals surface area contributed by atoms with Crippen LogP contribution in [-0.2, 0) is 11.3 Å². The minimum Gasteiger partial charge on any atom is -0.444 e. The van der Waals surface area contributed by atoms with Gasteiger partial charge in [0, 0.05) is 36.8 Å². The number of aromatic nitrogens is 1. The quantitative estimate of drug-likeness (QED) is 0.931. The van der Waals surface area contributed by atoms with E-state index in [-0.39, 0.29) is 6.09 Å². The number of likely N-dealkylation sites (tertiary alicyclic amines) is 1. The summed E-state index contributed by atoms with van der Waals surface area (Å²) in [5, 5.41) is 4.57. The van der Waals surface area contributed by atoms with Gasteiger partial charge in [0.25, 0.3) is 0 Å². The molecule has 0 saturated carbocycles. The Kier molecular flexibility index (Phi) is 4.65. The molecule has 1 fully saturated rings. The van der Waals surface area contributed by atoms with E-state index in [1.54, 1.807) is 16.2 Å². The minimum atomic E-state index is -0.428. The van der Waals surface area contributed by atoms with Crippen molar-refractivity contribution in [2.24, 2.45) is 0 Å². The molecule has 0 bridgehead atoms. The van der Waals surface area contributed by atoms with Gasteiger partial charge in [-0.3, -0.25) is 0 Å². The summed E-state index contributed by atoms with van der Waals surface area (Å²) in [6, 6.07) is 0.338. The third-order valence-electron chi connectivity index (χ3n) is 3.07. The standard InChI is InChI=1S/C14H23N3O2S/c1-10-15-7-12(20-10)8-16-11-5-6-17(9-11)13(18)19-14(2,3)4/h7,11,16H,5-6,8-9H2,1-4H3. The number of rotatable bonds is 3. The van der Waals surface area contributed by atoms with E-state index in [9.17, 15) is 4.79 Å². The zero-order valence-corrected chi connectivity index (χ0v) is 13.4. The number of carbonyl (C=O) groups excluding carboxylic acids is 1. The largest absolute Gasteiger partial charge is 0.444 e. The lowest BCUT2D eigenvalue weighted by Crippen LogP contribution is -2.38. The van der Waals surface area contributed by atoms with Crippen molar-refractivity contribution < 1.29 is 9.53 Å². The highest BCUT2D eigenvalue weighted by atomic mass is 32.1. The molecule has 1 saturated heterocycles. The molecule has 5 nitrogen and oxygen atoms in total. The maximum atomic E-state index is 12.0. The number of aryl methyl sites for hydroxylation is 1. The van der Waals surface area contributed by atoms with E-state index in [2.05, 4.69) is 10.3 Å². The molecule has 2 rings (SSSR count). The summed E-state index contributed by atoms with van der Waals surface area (Å²) in [5.41, 5.74) is -0.428. The van der Waals surface area contributed by atoms with Gasteiger partial charge < -0.3 is 15.0 Å². The van der Waals surface area contributed by atoms with Crippen LogP contribution in [0.1, 0.15) is 37.1 Å². The number of thiazole rings is 1. The Morgan fingerprint density at radius 1 is 1.60 bits per heavy atom. The molecule has 1 N–H and O–H groups in total. The van der Waals surface area contributed by atoms with Gasteiger partial charge in [-0.05, 0) is 34.1 Å². The van der Waals surface area contributed by atoms with E-state index in [1.807, 2.05) is 33.9 Å². The van der Waals surface area contributed by atoms with E-state index in [0.29, 0.717) is 12.6 Å². The first-order valence-electron chi connectivity index (χ1n) is 6.96. The topological polar surface area (TPSA) is 54.5 Å². The van der Waals surface area contributed by atoms with Crippen molar-refractivity contribution in [3.05, 3.63) is 16.1 Å². The maximum absolute atomic E-state index is 12.0. The third kappa shape index (κ3) is 4.45. The second-order valence-electron chi connectivity index (χ2n) is 6.14. The van der Waals surface area contributed by atoms with Gasteiger partial charge in [0.1, 0.15) is 5.60 Å². The highest BCUT2D eigenvalue weighted by Gasteiger charge is 2.29. The van der Waals surface area contributed by atoms with E-state index in [4.69, 9.17) is 4.74 Å². The summed E-state index contributed by atoms with van der Waals surface area (Å²) in [4.78, 5) is 19.2. The molecule has 1 aliphatic heterocycles. The molecule has 0 spiro atoms. The molecule has 0 aliphatic carbocycles. The highest BCUT2D eigenvalue weighted by molar-refractivity contribution is 7.11. The minimum absolute atomic E-state index is 0.213. The summed E-state index contributed by atoms with van der Waals surface area (Å²) in [5.74, 6) is 0. The Balaban J connectivity index is 1.76. The number of hydrogen-bond donors (Lipinski definition) is 1. The van der Waals surface area contributed by atoms with Gasteiger partial charge in [-0.2, -0.15) is 0 Å². The molecule has 1 amide bonds. The fraction of sp³-hybridized carbons (Fsp3) is 0.714. The van der Waals surface area contributed by atoms with Crippen molar-refractivity contribution in [3.8, 4) is 0 Å². The van der Waals surface area contributed by atoms with Crippen LogP contribution in [0.4, 0.5) is 4.79 Å². The number of amides is 1. The first kappa shape index (κ1) is 15.3. The summed E-state index contributed by atoms with van der Waals surface area (Å²) in [6.45, 7) is 9.97. The molecule has 2 heterocycles. The van der Waals surface area contributed by atoms with Crippen LogP contribution in [0.3, 0.4) is 0 Å². The molecular weight excluding hydrogens is 274 g/mol. The number of ether oxygens (including phenoxy) is 1. The lowest BCUT2D eigenvalue weighted by Gasteiger charge is -2.24. The van der Waals surface area contributed by atoms with Crippen molar-refractivity contribution in [2.75, 3.05) is 13.1 Å². The van der Waals surface area contributed by atoms with E-state index in [0.717, 1.165) is 24.5 Å². The molecule has 6 heteroatoms. The molecule has 1 atom stereocenters. The Morgan fingerprint density at radius 2 is 2.35 bits per heavy atom. The van der Waals surface area contributed by atoms with E-state index >= 15 is 0 Å². The van der Waals surface area contributed by atoms with Gasteiger partial charge in [0.05, 0.1) is 5.01 Å². The number of hydrogen-bond acceptors (Lipinski definition) is 5. The van der Waals surface area contributed by atoms with Crippen LogP contribution < -0.4 is 5.32 Å². The lowest BCUT2D eigenvalue weighted by molar-refractivity contribution is 0.0291. The van der Waals surface area contributed by atoms with Crippen LogP contribution >= 0.6 is 11.3 Å². The summed E-state index contributed by atoms with van der Waals surface area (Å²) < 4.78 is 5.39. The molecule has 1 aliphatic rings. The Morgan fingerprint density at radius 3 is 2.95 bits per heavy atom. The smallest absolute Gasteiger partial charge is 0.410 e. The molecular formula is C14H23N3O2S. The van der Waals surface area contributed by atoms with Gasteiger partial charge in [-0.15, -0.1) is 11.3 Å². The van der Waals surface area contributed by atoms with E-state index in [1.165, 1.54) is 4.88 Å².